The molecule has 0 spiro atoms. The van der Waals surface area contributed by atoms with Gasteiger partial charge in [0.05, 0.1) is 11.4 Å². The molecule has 0 amide bonds. The maximum absolute atomic E-state index is 13.1. The lowest BCUT2D eigenvalue weighted by Crippen LogP contribution is -2.57. The molecule has 0 unspecified atom stereocenters. The summed E-state index contributed by atoms with van der Waals surface area (Å²) in [5.74, 6) is -1.88. The predicted molar refractivity (Wildman–Crippen MR) is 73.6 cm³/mol. The first-order valence-electron chi connectivity index (χ1n) is 6.22. The normalized spacial score (nSPS) is 13.1. The molecule has 0 radical (unpaired) electrons. The summed E-state index contributed by atoms with van der Waals surface area (Å²) in [7, 11) is -3.98. The lowest BCUT2D eigenvalue weighted by Gasteiger charge is -2.11. The highest BCUT2D eigenvalue weighted by molar-refractivity contribution is 7.89. The average molecular weight is 313 g/mol. The van der Waals surface area contributed by atoms with E-state index in [0.29, 0.717) is 6.07 Å². The van der Waals surface area contributed by atoms with E-state index in [1.807, 2.05) is 30.3 Å². The Morgan fingerprint density at radius 3 is 2.19 bits per heavy atom. The van der Waals surface area contributed by atoms with Crippen LogP contribution in [-0.4, -0.2) is 15.0 Å². The first-order valence-corrected chi connectivity index (χ1v) is 7.70. The molecule has 0 aromatic heterocycles. The molecular weight excluding hydrogens is 298 g/mol. The van der Waals surface area contributed by atoms with Crippen LogP contribution in [0.1, 0.15) is 11.6 Å². The van der Waals surface area contributed by atoms with Crippen LogP contribution in [0.25, 0.3) is 0 Å². The molecule has 21 heavy (non-hydrogen) atoms. The van der Waals surface area contributed by atoms with Gasteiger partial charge in [-0.25, -0.2) is 21.9 Å². The summed E-state index contributed by atoms with van der Waals surface area (Å²) < 4.78 is 52.5. The lowest BCUT2D eigenvalue weighted by molar-refractivity contribution is -0.423. The van der Waals surface area contributed by atoms with Crippen LogP contribution in [0.3, 0.4) is 0 Å². The molecule has 1 atom stereocenters. The summed E-state index contributed by atoms with van der Waals surface area (Å²) in [6, 6.07) is 11.0. The van der Waals surface area contributed by atoms with Crippen molar-refractivity contribution in [3.63, 3.8) is 0 Å². The number of quaternary nitrogens is 1. The largest absolute Gasteiger partial charge is 0.350 e. The van der Waals surface area contributed by atoms with E-state index in [1.165, 1.54) is 0 Å². The second-order valence-corrected chi connectivity index (χ2v) is 6.33. The Morgan fingerprint density at radius 1 is 1.05 bits per heavy atom. The van der Waals surface area contributed by atoms with E-state index in [1.54, 1.807) is 0 Å². The molecule has 0 heterocycles. The van der Waals surface area contributed by atoms with Crippen LogP contribution < -0.4 is 10.5 Å². The molecule has 0 bridgehead atoms. The van der Waals surface area contributed by atoms with Crippen molar-refractivity contribution in [1.29, 1.82) is 0 Å². The van der Waals surface area contributed by atoms with Crippen molar-refractivity contribution in [2.24, 2.45) is 0 Å². The summed E-state index contributed by atoms with van der Waals surface area (Å²) in [5, 5.41) is 0. The number of rotatable bonds is 5. The van der Waals surface area contributed by atoms with Crippen LogP contribution in [0.5, 0.6) is 0 Å². The Hall–Kier alpha value is -1.83. The van der Waals surface area contributed by atoms with E-state index in [2.05, 4.69) is 10.5 Å². The van der Waals surface area contributed by atoms with Crippen molar-refractivity contribution in [2.75, 3.05) is 6.54 Å². The van der Waals surface area contributed by atoms with Crippen LogP contribution >= 0.6 is 0 Å². The smallest absolute Gasteiger partial charge is 0.241 e. The van der Waals surface area contributed by atoms with Crippen molar-refractivity contribution in [3.05, 3.63) is 65.7 Å². The van der Waals surface area contributed by atoms with Crippen LogP contribution in [0.2, 0.25) is 0 Å². The number of nitrogens with one attached hydrogen (secondary N) is 1. The molecule has 2 aromatic carbocycles. The van der Waals surface area contributed by atoms with Crippen LogP contribution in [0, 0.1) is 11.6 Å². The number of hydrogen-bond donors (Lipinski definition) is 2. The molecule has 4 nitrogen and oxygen atoms in total. The second-order valence-electron chi connectivity index (χ2n) is 4.56. The van der Waals surface area contributed by atoms with Gasteiger partial charge in [-0.15, -0.1) is 0 Å². The summed E-state index contributed by atoms with van der Waals surface area (Å²) in [6.45, 7) is 0.0322. The minimum atomic E-state index is -3.98. The van der Waals surface area contributed by atoms with Gasteiger partial charge in [0.25, 0.3) is 0 Å². The van der Waals surface area contributed by atoms with Crippen LogP contribution in [0.15, 0.2) is 53.4 Å². The third-order valence-corrected chi connectivity index (χ3v) is 4.34. The van der Waals surface area contributed by atoms with Crippen LogP contribution in [-0.2, 0) is 10.0 Å². The topological polar surface area (TPSA) is 73.8 Å². The fourth-order valence-electron chi connectivity index (χ4n) is 1.82. The Balaban J connectivity index is 2.11. The summed E-state index contributed by atoms with van der Waals surface area (Å²) >= 11 is 0. The van der Waals surface area contributed by atoms with Gasteiger partial charge in [-0.05, 0) is 12.1 Å². The summed E-state index contributed by atoms with van der Waals surface area (Å²) in [5.41, 5.74) is 4.73. The molecule has 0 saturated heterocycles. The van der Waals surface area contributed by atoms with Crippen molar-refractivity contribution in [1.82, 2.24) is 4.72 Å². The fraction of sp³-hybridized carbons (Fsp3) is 0.143. The average Bonchev–Trinajstić information content (AvgIpc) is 2.45. The molecule has 0 aliphatic heterocycles. The van der Waals surface area contributed by atoms with Crippen molar-refractivity contribution in [2.45, 2.75) is 10.9 Å². The van der Waals surface area contributed by atoms with Gasteiger partial charge in [-0.2, -0.15) is 0 Å². The Morgan fingerprint density at radius 2 is 1.62 bits per heavy atom. The van der Waals surface area contributed by atoms with Crippen molar-refractivity contribution in [3.8, 4) is 0 Å². The standard InChI is InChI=1S/C14H14F2N2O2S/c15-11-6-12(16)8-13(7-11)21(19,20)18-9-14(17)10-4-2-1-3-5-10/h1-8,14,18H,9,17H2/p+1/t14-/m1/s1. The SMILES string of the molecule is [NH3+][C@H](CNS(=O)(=O)c1cc(F)cc(F)c1)c1ccccc1. The van der Waals surface area contributed by atoms with Gasteiger partial charge in [0.2, 0.25) is 10.0 Å². The molecule has 0 aliphatic carbocycles. The third-order valence-electron chi connectivity index (χ3n) is 2.94. The number of benzene rings is 2. The number of halogens is 2. The van der Waals surface area contributed by atoms with E-state index in [0.717, 1.165) is 17.7 Å². The molecule has 7 heteroatoms. The highest BCUT2D eigenvalue weighted by Gasteiger charge is 2.19. The van der Waals surface area contributed by atoms with Gasteiger partial charge in [0, 0.05) is 11.6 Å². The third kappa shape index (κ3) is 4.07. The summed E-state index contributed by atoms with van der Waals surface area (Å²) in [4.78, 5) is -0.444. The molecule has 112 valence electrons. The second kappa shape index (κ2) is 6.30. The van der Waals surface area contributed by atoms with Crippen LogP contribution in [0.4, 0.5) is 8.78 Å². The molecule has 0 fully saturated rings. The maximum atomic E-state index is 13.1. The van der Waals surface area contributed by atoms with E-state index < -0.39 is 26.6 Å². The molecule has 0 aliphatic rings. The fourth-order valence-corrected chi connectivity index (χ4v) is 2.94. The van der Waals surface area contributed by atoms with E-state index in [4.69, 9.17) is 0 Å². The zero-order chi connectivity index (χ0) is 15.5. The molecular formula is C14H15F2N2O2S+. The van der Waals surface area contributed by atoms with Gasteiger partial charge in [-0.3, -0.25) is 0 Å². The minimum absolute atomic E-state index is 0.0322. The zero-order valence-corrected chi connectivity index (χ0v) is 11.9. The lowest BCUT2D eigenvalue weighted by atomic mass is 10.1. The molecule has 4 N–H and O–H groups in total. The first-order chi connectivity index (χ1) is 9.88. The Bertz CT molecular complexity index is 701. The highest BCUT2D eigenvalue weighted by Crippen LogP contribution is 2.14. The first kappa shape index (κ1) is 15.6. The Kier molecular flexibility index (Phi) is 4.66. The Labute approximate surface area is 121 Å². The highest BCUT2D eigenvalue weighted by atomic mass is 32.2. The van der Waals surface area contributed by atoms with E-state index >= 15 is 0 Å². The predicted octanol–water partition coefficient (Wildman–Crippen LogP) is 1.23. The zero-order valence-electron chi connectivity index (χ0n) is 11.1. The summed E-state index contributed by atoms with van der Waals surface area (Å²) in [6.07, 6.45) is 0. The van der Waals surface area contributed by atoms with Crippen molar-refractivity contribution >= 4 is 10.0 Å². The number of hydrogen-bond acceptors (Lipinski definition) is 2. The van der Waals surface area contributed by atoms with Gasteiger partial charge >= 0.3 is 0 Å². The molecule has 0 saturated carbocycles. The van der Waals surface area contributed by atoms with Gasteiger partial charge in [-0.1, -0.05) is 30.3 Å². The van der Waals surface area contributed by atoms with E-state index in [-0.39, 0.29) is 12.6 Å². The van der Waals surface area contributed by atoms with Gasteiger partial charge < -0.3 is 5.73 Å². The maximum Gasteiger partial charge on any atom is 0.241 e. The van der Waals surface area contributed by atoms with E-state index in [9.17, 15) is 17.2 Å². The van der Waals surface area contributed by atoms with Gasteiger partial charge in [0.1, 0.15) is 17.7 Å². The quantitative estimate of drug-likeness (QED) is 0.871. The minimum Gasteiger partial charge on any atom is -0.350 e. The number of sulfonamides is 1. The van der Waals surface area contributed by atoms with Crippen molar-refractivity contribution < 1.29 is 22.9 Å². The monoisotopic (exact) mass is 313 g/mol. The molecule has 2 aromatic rings. The molecule has 2 rings (SSSR count). The van der Waals surface area contributed by atoms with Gasteiger partial charge in [0.15, 0.2) is 0 Å².